The SMILES string of the molecule is Clc1cc(CNCCc2nc3ccccc3[nH]2)cc(Cl)c1-c1ccccc1. The maximum absolute atomic E-state index is 6.50. The molecule has 0 fully saturated rings. The molecule has 4 rings (SSSR count). The van der Waals surface area contributed by atoms with Crippen LogP contribution in [0.4, 0.5) is 0 Å². The van der Waals surface area contributed by atoms with Crippen molar-refractivity contribution in [3.63, 3.8) is 0 Å². The number of halogens is 2. The predicted molar refractivity (Wildman–Crippen MR) is 113 cm³/mol. The van der Waals surface area contributed by atoms with Crippen LogP contribution in [-0.2, 0) is 13.0 Å². The zero-order chi connectivity index (χ0) is 18.6. The Morgan fingerprint density at radius 3 is 2.33 bits per heavy atom. The van der Waals surface area contributed by atoms with Gasteiger partial charge < -0.3 is 10.3 Å². The smallest absolute Gasteiger partial charge is 0.108 e. The summed E-state index contributed by atoms with van der Waals surface area (Å²) in [6.07, 6.45) is 0.832. The summed E-state index contributed by atoms with van der Waals surface area (Å²) in [7, 11) is 0. The highest BCUT2D eigenvalue weighted by Crippen LogP contribution is 2.35. The molecule has 0 unspecified atom stereocenters. The van der Waals surface area contributed by atoms with Crippen LogP contribution in [0.25, 0.3) is 22.2 Å². The molecule has 0 amide bonds. The Balaban J connectivity index is 1.38. The highest BCUT2D eigenvalue weighted by Gasteiger charge is 2.10. The number of rotatable bonds is 6. The molecule has 3 nitrogen and oxygen atoms in total. The van der Waals surface area contributed by atoms with E-state index in [0.29, 0.717) is 16.6 Å². The molecule has 0 saturated heterocycles. The Labute approximate surface area is 168 Å². The highest BCUT2D eigenvalue weighted by atomic mass is 35.5. The van der Waals surface area contributed by atoms with E-state index in [9.17, 15) is 0 Å². The molecule has 0 aliphatic carbocycles. The normalized spacial score (nSPS) is 11.2. The molecule has 4 aromatic rings. The van der Waals surface area contributed by atoms with Crippen molar-refractivity contribution >= 4 is 34.2 Å². The van der Waals surface area contributed by atoms with Gasteiger partial charge in [0, 0.05) is 25.1 Å². The Bertz CT molecular complexity index is 1000. The minimum atomic E-state index is 0.669. The Morgan fingerprint density at radius 2 is 1.59 bits per heavy atom. The molecule has 136 valence electrons. The van der Waals surface area contributed by atoms with Crippen molar-refractivity contribution in [2.24, 2.45) is 0 Å². The quantitative estimate of drug-likeness (QED) is 0.400. The topological polar surface area (TPSA) is 40.7 Å². The van der Waals surface area contributed by atoms with Crippen LogP contribution in [0.3, 0.4) is 0 Å². The van der Waals surface area contributed by atoms with E-state index in [2.05, 4.69) is 15.3 Å². The zero-order valence-corrected chi connectivity index (χ0v) is 16.2. The van der Waals surface area contributed by atoms with E-state index in [0.717, 1.165) is 46.5 Å². The number of nitrogens with one attached hydrogen (secondary N) is 2. The van der Waals surface area contributed by atoms with E-state index in [4.69, 9.17) is 23.2 Å². The minimum absolute atomic E-state index is 0.669. The van der Waals surface area contributed by atoms with Crippen LogP contribution < -0.4 is 5.32 Å². The van der Waals surface area contributed by atoms with Crippen molar-refractivity contribution in [1.82, 2.24) is 15.3 Å². The van der Waals surface area contributed by atoms with Crippen molar-refractivity contribution in [2.45, 2.75) is 13.0 Å². The van der Waals surface area contributed by atoms with Gasteiger partial charge in [-0.2, -0.15) is 0 Å². The Kier molecular flexibility index (Phi) is 5.44. The van der Waals surface area contributed by atoms with Gasteiger partial charge in [0.1, 0.15) is 5.82 Å². The molecule has 5 heteroatoms. The number of aromatic nitrogens is 2. The maximum atomic E-state index is 6.50. The molecule has 3 aromatic carbocycles. The molecule has 0 spiro atoms. The third-order valence-corrected chi connectivity index (χ3v) is 5.07. The fourth-order valence-electron chi connectivity index (χ4n) is 3.17. The first kappa shape index (κ1) is 18.1. The van der Waals surface area contributed by atoms with Crippen LogP contribution in [0, 0.1) is 0 Å². The van der Waals surface area contributed by atoms with Gasteiger partial charge in [-0.25, -0.2) is 4.98 Å². The molecule has 1 aromatic heterocycles. The van der Waals surface area contributed by atoms with Gasteiger partial charge in [0.05, 0.1) is 21.1 Å². The molecule has 0 saturated carbocycles. The third kappa shape index (κ3) is 4.16. The lowest BCUT2D eigenvalue weighted by Crippen LogP contribution is -2.17. The van der Waals surface area contributed by atoms with Gasteiger partial charge in [-0.1, -0.05) is 65.7 Å². The van der Waals surface area contributed by atoms with Crippen molar-refractivity contribution in [3.05, 3.63) is 88.2 Å². The number of nitrogens with zero attached hydrogens (tertiary/aromatic N) is 1. The number of hydrogen-bond acceptors (Lipinski definition) is 2. The lowest BCUT2D eigenvalue weighted by Gasteiger charge is -2.11. The van der Waals surface area contributed by atoms with E-state index < -0.39 is 0 Å². The van der Waals surface area contributed by atoms with Crippen molar-refractivity contribution in [3.8, 4) is 11.1 Å². The number of H-pyrrole nitrogens is 1. The van der Waals surface area contributed by atoms with Gasteiger partial charge in [-0.15, -0.1) is 0 Å². The average molecular weight is 396 g/mol. The summed E-state index contributed by atoms with van der Waals surface area (Å²) in [4.78, 5) is 7.94. The van der Waals surface area contributed by atoms with Crippen molar-refractivity contribution in [2.75, 3.05) is 6.54 Å². The van der Waals surface area contributed by atoms with E-state index in [1.807, 2.05) is 66.7 Å². The van der Waals surface area contributed by atoms with Gasteiger partial charge >= 0.3 is 0 Å². The summed E-state index contributed by atoms with van der Waals surface area (Å²) in [5.74, 6) is 0.985. The number of fused-ring (bicyclic) bond motifs is 1. The van der Waals surface area contributed by atoms with E-state index >= 15 is 0 Å². The van der Waals surface area contributed by atoms with Crippen LogP contribution >= 0.6 is 23.2 Å². The fourth-order valence-corrected chi connectivity index (χ4v) is 3.92. The van der Waals surface area contributed by atoms with Crippen LogP contribution in [-0.4, -0.2) is 16.5 Å². The zero-order valence-electron chi connectivity index (χ0n) is 14.7. The maximum Gasteiger partial charge on any atom is 0.108 e. The summed E-state index contributed by atoms with van der Waals surface area (Å²) in [5.41, 5.74) is 5.04. The lowest BCUT2D eigenvalue weighted by molar-refractivity contribution is 0.675. The minimum Gasteiger partial charge on any atom is -0.342 e. The van der Waals surface area contributed by atoms with Gasteiger partial charge in [0.15, 0.2) is 0 Å². The second kappa shape index (κ2) is 8.13. The number of para-hydroxylation sites is 2. The first-order chi connectivity index (χ1) is 13.2. The third-order valence-electron chi connectivity index (χ3n) is 4.47. The molecule has 0 aliphatic heterocycles. The summed E-state index contributed by atoms with van der Waals surface area (Å²) < 4.78 is 0. The largest absolute Gasteiger partial charge is 0.342 e. The van der Waals surface area contributed by atoms with Crippen LogP contribution in [0.15, 0.2) is 66.7 Å². The monoisotopic (exact) mass is 395 g/mol. The van der Waals surface area contributed by atoms with Crippen LogP contribution in [0.2, 0.25) is 10.0 Å². The lowest BCUT2D eigenvalue weighted by atomic mass is 10.0. The number of hydrogen-bond donors (Lipinski definition) is 2. The molecule has 2 N–H and O–H groups in total. The molecule has 0 atom stereocenters. The molecular formula is C22H19Cl2N3. The van der Waals surface area contributed by atoms with Crippen LogP contribution in [0.5, 0.6) is 0 Å². The second-order valence-electron chi connectivity index (χ2n) is 6.43. The molecule has 27 heavy (non-hydrogen) atoms. The first-order valence-electron chi connectivity index (χ1n) is 8.88. The molecule has 0 bridgehead atoms. The second-order valence-corrected chi connectivity index (χ2v) is 7.24. The number of imidazole rings is 1. The van der Waals surface area contributed by atoms with Gasteiger partial charge in [0.25, 0.3) is 0 Å². The van der Waals surface area contributed by atoms with E-state index in [1.54, 1.807) is 0 Å². The molecule has 1 heterocycles. The summed E-state index contributed by atoms with van der Waals surface area (Å²) in [5, 5.41) is 4.77. The molecule has 0 aliphatic rings. The standard InChI is InChI=1S/C22H19Cl2N3/c23-17-12-15(13-18(24)22(17)16-6-2-1-3-7-16)14-25-11-10-21-26-19-8-4-5-9-20(19)27-21/h1-9,12-13,25H,10-11,14H2,(H,26,27). The van der Waals surface area contributed by atoms with Crippen molar-refractivity contribution in [1.29, 1.82) is 0 Å². The van der Waals surface area contributed by atoms with Gasteiger partial charge in [0.2, 0.25) is 0 Å². The van der Waals surface area contributed by atoms with Gasteiger partial charge in [-0.05, 0) is 35.4 Å². The Morgan fingerprint density at radius 1 is 0.889 bits per heavy atom. The Hall–Kier alpha value is -2.33. The molecule has 0 radical (unpaired) electrons. The highest BCUT2D eigenvalue weighted by molar-refractivity contribution is 6.39. The number of aromatic amines is 1. The van der Waals surface area contributed by atoms with Crippen molar-refractivity contribution < 1.29 is 0 Å². The first-order valence-corrected chi connectivity index (χ1v) is 9.64. The predicted octanol–water partition coefficient (Wildman–Crippen LogP) is 5.87. The van der Waals surface area contributed by atoms with Gasteiger partial charge in [-0.3, -0.25) is 0 Å². The molecular weight excluding hydrogens is 377 g/mol. The van der Waals surface area contributed by atoms with E-state index in [1.165, 1.54) is 0 Å². The van der Waals surface area contributed by atoms with E-state index in [-0.39, 0.29) is 0 Å². The number of benzene rings is 3. The summed E-state index contributed by atoms with van der Waals surface area (Å²) in [6.45, 7) is 1.52. The summed E-state index contributed by atoms with van der Waals surface area (Å²) >= 11 is 13.0. The summed E-state index contributed by atoms with van der Waals surface area (Å²) in [6, 6.07) is 22.0. The fraction of sp³-hybridized carbons (Fsp3) is 0.136. The average Bonchev–Trinajstić information content (AvgIpc) is 3.08. The van der Waals surface area contributed by atoms with Crippen LogP contribution in [0.1, 0.15) is 11.4 Å².